The number of ether oxygens (including phenoxy) is 3. The molecule has 1 saturated heterocycles. The van der Waals surface area contributed by atoms with Crippen molar-refractivity contribution < 1.29 is 28.7 Å². The SMILES string of the molecule is COc1ccccc1[C@@H]1CC(=O)C2=C(C1)NC(C)=C(C(=O)OC[C@@H]1CCCO1)[C@H]2c1ccc([N+](=O)[O-])cc1. The average Bonchev–Trinajstić information content (AvgIpc) is 3.44. The van der Waals surface area contributed by atoms with E-state index in [0.717, 1.165) is 29.9 Å². The monoisotopic (exact) mass is 518 g/mol. The van der Waals surface area contributed by atoms with E-state index < -0.39 is 16.8 Å². The third kappa shape index (κ3) is 4.93. The van der Waals surface area contributed by atoms with Gasteiger partial charge in [-0.1, -0.05) is 30.3 Å². The van der Waals surface area contributed by atoms with E-state index in [1.807, 2.05) is 24.3 Å². The number of non-ortho nitro benzene ring substituents is 1. The van der Waals surface area contributed by atoms with E-state index in [0.29, 0.717) is 35.4 Å². The van der Waals surface area contributed by atoms with Crippen molar-refractivity contribution >= 4 is 17.4 Å². The Morgan fingerprint density at radius 3 is 2.61 bits per heavy atom. The second-order valence-corrected chi connectivity index (χ2v) is 9.84. The summed E-state index contributed by atoms with van der Waals surface area (Å²) in [5.74, 6) is -0.684. The highest BCUT2D eigenvalue weighted by Gasteiger charge is 2.42. The number of para-hydroxylation sites is 1. The van der Waals surface area contributed by atoms with E-state index in [-0.39, 0.29) is 36.5 Å². The van der Waals surface area contributed by atoms with Crippen LogP contribution >= 0.6 is 0 Å². The molecule has 38 heavy (non-hydrogen) atoms. The van der Waals surface area contributed by atoms with Crippen molar-refractivity contribution in [2.45, 2.75) is 50.5 Å². The third-order valence-electron chi connectivity index (χ3n) is 7.49. The van der Waals surface area contributed by atoms with Gasteiger partial charge in [0.2, 0.25) is 0 Å². The molecule has 1 N–H and O–H groups in total. The normalized spacial score (nSPS) is 23.1. The molecule has 0 spiro atoms. The number of benzene rings is 2. The maximum Gasteiger partial charge on any atom is 0.336 e. The Morgan fingerprint density at radius 2 is 1.92 bits per heavy atom. The number of dihydropyridines is 1. The molecule has 0 amide bonds. The number of hydrogen-bond donors (Lipinski definition) is 1. The van der Waals surface area contributed by atoms with Gasteiger partial charge >= 0.3 is 5.97 Å². The zero-order chi connectivity index (χ0) is 26.8. The summed E-state index contributed by atoms with van der Waals surface area (Å²) in [4.78, 5) is 38.0. The molecule has 5 rings (SSSR count). The molecule has 0 unspecified atom stereocenters. The molecule has 3 aliphatic rings. The van der Waals surface area contributed by atoms with Gasteiger partial charge in [-0.25, -0.2) is 4.79 Å². The fourth-order valence-electron chi connectivity index (χ4n) is 5.68. The Hall–Kier alpha value is -3.98. The van der Waals surface area contributed by atoms with Crippen molar-refractivity contribution in [1.82, 2.24) is 5.32 Å². The van der Waals surface area contributed by atoms with Crippen molar-refractivity contribution in [1.29, 1.82) is 0 Å². The summed E-state index contributed by atoms with van der Waals surface area (Å²) in [7, 11) is 1.61. The Bertz CT molecular complexity index is 1320. The van der Waals surface area contributed by atoms with E-state index >= 15 is 0 Å². The minimum atomic E-state index is -0.699. The van der Waals surface area contributed by atoms with Crippen LogP contribution in [0.25, 0.3) is 0 Å². The van der Waals surface area contributed by atoms with Crippen LogP contribution in [-0.4, -0.2) is 43.1 Å². The zero-order valence-electron chi connectivity index (χ0n) is 21.4. The van der Waals surface area contributed by atoms with Crippen LogP contribution < -0.4 is 10.1 Å². The summed E-state index contributed by atoms with van der Waals surface area (Å²) in [6.07, 6.45) is 2.42. The lowest BCUT2D eigenvalue weighted by atomic mass is 9.71. The lowest BCUT2D eigenvalue weighted by Crippen LogP contribution is -2.36. The second-order valence-electron chi connectivity index (χ2n) is 9.84. The molecule has 0 radical (unpaired) electrons. The van der Waals surface area contributed by atoms with Gasteiger partial charge in [0.1, 0.15) is 12.4 Å². The van der Waals surface area contributed by atoms with Crippen molar-refractivity contribution in [3.8, 4) is 5.75 Å². The van der Waals surface area contributed by atoms with Gasteiger partial charge in [0.15, 0.2) is 5.78 Å². The molecule has 2 aromatic rings. The fourth-order valence-corrected chi connectivity index (χ4v) is 5.68. The first-order valence-corrected chi connectivity index (χ1v) is 12.8. The van der Waals surface area contributed by atoms with Crippen LogP contribution in [0.3, 0.4) is 0 Å². The number of nitrogens with zero attached hydrogens (tertiary/aromatic N) is 1. The molecule has 0 bridgehead atoms. The predicted molar refractivity (Wildman–Crippen MR) is 139 cm³/mol. The maximum absolute atomic E-state index is 13.8. The standard InChI is InChI=1S/C29H30N2O7/c1-17-26(29(33)38-16-21-6-5-13-37-21)27(18-9-11-20(12-10-18)31(34)35)28-23(30-17)14-19(15-24(28)32)22-7-3-4-8-25(22)36-2/h3-4,7-12,19,21,27,30H,5-6,13-16H2,1-2H3/t19-,21-,27+/m0/s1. The Kier molecular flexibility index (Phi) is 7.28. The lowest BCUT2D eigenvalue weighted by Gasteiger charge is -2.37. The minimum Gasteiger partial charge on any atom is -0.496 e. The van der Waals surface area contributed by atoms with Gasteiger partial charge < -0.3 is 19.5 Å². The molecule has 2 aliphatic heterocycles. The topological polar surface area (TPSA) is 117 Å². The Labute approximate surface area is 220 Å². The number of esters is 1. The van der Waals surface area contributed by atoms with Crippen molar-refractivity contribution in [3.05, 3.63) is 92.3 Å². The smallest absolute Gasteiger partial charge is 0.336 e. The Morgan fingerprint density at radius 1 is 1.16 bits per heavy atom. The van der Waals surface area contributed by atoms with Crippen LogP contribution in [0.1, 0.15) is 55.6 Å². The fraction of sp³-hybridized carbons (Fsp3) is 0.379. The molecule has 2 aromatic carbocycles. The van der Waals surface area contributed by atoms with Gasteiger partial charge in [0, 0.05) is 54.0 Å². The van der Waals surface area contributed by atoms with Gasteiger partial charge in [-0.15, -0.1) is 0 Å². The van der Waals surface area contributed by atoms with Crippen LogP contribution in [0.4, 0.5) is 5.69 Å². The Balaban J connectivity index is 1.52. The highest BCUT2D eigenvalue weighted by atomic mass is 16.6. The number of nitro groups is 1. The van der Waals surface area contributed by atoms with E-state index in [2.05, 4.69) is 5.32 Å². The molecular weight excluding hydrogens is 488 g/mol. The largest absolute Gasteiger partial charge is 0.496 e. The van der Waals surface area contributed by atoms with E-state index in [4.69, 9.17) is 14.2 Å². The molecule has 198 valence electrons. The number of nitro benzene ring substituents is 1. The molecular formula is C29H30N2O7. The number of allylic oxidation sites excluding steroid dienone is 3. The van der Waals surface area contributed by atoms with E-state index in [1.165, 1.54) is 12.1 Å². The summed E-state index contributed by atoms with van der Waals surface area (Å²) < 4.78 is 16.8. The number of methoxy groups -OCH3 is 1. The molecule has 0 saturated carbocycles. The first kappa shape index (κ1) is 25.7. The maximum atomic E-state index is 13.8. The molecule has 1 fully saturated rings. The first-order valence-electron chi connectivity index (χ1n) is 12.8. The van der Waals surface area contributed by atoms with Gasteiger partial charge in [0.05, 0.1) is 23.7 Å². The number of hydrogen-bond acceptors (Lipinski definition) is 8. The lowest BCUT2D eigenvalue weighted by molar-refractivity contribution is -0.384. The highest BCUT2D eigenvalue weighted by Crippen LogP contribution is 2.47. The number of carbonyl (C=O) groups is 2. The van der Waals surface area contributed by atoms with Gasteiger partial charge in [-0.3, -0.25) is 14.9 Å². The van der Waals surface area contributed by atoms with Crippen LogP contribution in [-0.2, 0) is 19.1 Å². The van der Waals surface area contributed by atoms with Crippen molar-refractivity contribution in [2.24, 2.45) is 0 Å². The predicted octanol–water partition coefficient (Wildman–Crippen LogP) is 4.69. The quantitative estimate of drug-likeness (QED) is 0.319. The van der Waals surface area contributed by atoms with E-state index in [1.54, 1.807) is 26.2 Å². The van der Waals surface area contributed by atoms with Crippen LogP contribution in [0.5, 0.6) is 5.75 Å². The highest BCUT2D eigenvalue weighted by molar-refractivity contribution is 6.04. The number of carbonyl (C=O) groups excluding carboxylic acids is 2. The average molecular weight is 519 g/mol. The van der Waals surface area contributed by atoms with Crippen LogP contribution in [0.2, 0.25) is 0 Å². The van der Waals surface area contributed by atoms with Crippen molar-refractivity contribution in [2.75, 3.05) is 20.3 Å². The van der Waals surface area contributed by atoms with Gasteiger partial charge in [0.25, 0.3) is 5.69 Å². The summed E-state index contributed by atoms with van der Waals surface area (Å²) in [5, 5.41) is 14.6. The first-order chi connectivity index (χ1) is 18.4. The number of ketones is 1. The molecule has 3 atom stereocenters. The van der Waals surface area contributed by atoms with Gasteiger partial charge in [-0.05, 0) is 43.4 Å². The summed E-state index contributed by atoms with van der Waals surface area (Å²) in [6, 6.07) is 13.7. The van der Waals surface area contributed by atoms with Crippen LogP contribution in [0, 0.1) is 10.1 Å². The molecule has 9 nitrogen and oxygen atoms in total. The number of nitrogens with one attached hydrogen (secondary N) is 1. The molecule has 9 heteroatoms. The zero-order valence-corrected chi connectivity index (χ0v) is 21.4. The molecule has 1 aliphatic carbocycles. The van der Waals surface area contributed by atoms with E-state index in [9.17, 15) is 19.7 Å². The number of Topliss-reactive ketones (excluding diaryl/α,β-unsaturated/α-hetero) is 1. The minimum absolute atomic E-state index is 0.0636. The summed E-state index contributed by atoms with van der Waals surface area (Å²) >= 11 is 0. The summed E-state index contributed by atoms with van der Waals surface area (Å²) in [6.45, 7) is 2.58. The molecule has 2 heterocycles. The van der Waals surface area contributed by atoms with Crippen LogP contribution in [0.15, 0.2) is 71.1 Å². The third-order valence-corrected chi connectivity index (χ3v) is 7.49. The van der Waals surface area contributed by atoms with Crippen molar-refractivity contribution in [3.63, 3.8) is 0 Å². The molecule has 0 aromatic heterocycles. The van der Waals surface area contributed by atoms with Gasteiger partial charge in [-0.2, -0.15) is 0 Å². The second kappa shape index (κ2) is 10.8. The number of rotatable bonds is 7. The summed E-state index contributed by atoms with van der Waals surface area (Å²) in [5.41, 5.74) is 3.68.